The summed E-state index contributed by atoms with van der Waals surface area (Å²) in [5, 5.41) is 1.33. The van der Waals surface area contributed by atoms with Crippen molar-refractivity contribution in [2.24, 2.45) is 5.73 Å². The Morgan fingerprint density at radius 1 is 0.786 bits per heavy atom. The Kier molecular flexibility index (Phi) is 5.59. The number of aromatic amines is 1. The normalized spacial score (nSPS) is 11.2. The lowest BCUT2D eigenvalue weighted by atomic mass is 9.97. The van der Waals surface area contributed by atoms with E-state index >= 15 is 0 Å². The Bertz CT molecular complexity index is 1040. The van der Waals surface area contributed by atoms with Gasteiger partial charge in [0.1, 0.15) is 0 Å². The topological polar surface area (TPSA) is 41.8 Å². The van der Waals surface area contributed by atoms with E-state index in [1.54, 1.807) is 0 Å². The second-order valence-electron chi connectivity index (χ2n) is 7.40. The highest BCUT2D eigenvalue weighted by atomic mass is 14.7. The molecule has 2 heteroatoms. The van der Waals surface area contributed by atoms with Crippen LogP contribution >= 0.6 is 0 Å². The van der Waals surface area contributed by atoms with Crippen LogP contribution in [-0.2, 0) is 12.8 Å². The maximum atomic E-state index is 5.75. The molecule has 4 rings (SSSR count). The minimum atomic E-state index is 0.748. The van der Waals surface area contributed by atoms with Crippen molar-refractivity contribution in [2.75, 3.05) is 6.54 Å². The zero-order valence-corrected chi connectivity index (χ0v) is 16.5. The summed E-state index contributed by atoms with van der Waals surface area (Å²) in [6.07, 6.45) is 4.27. The number of nitrogens with one attached hydrogen (secondary N) is 1. The van der Waals surface area contributed by atoms with E-state index in [0.29, 0.717) is 0 Å². The molecule has 0 radical (unpaired) electrons. The molecule has 0 bridgehead atoms. The third kappa shape index (κ3) is 3.74. The standard InChI is InChI=1S/C26H28N2/c1-2-19-11-13-21(14-12-19)26-23(10-6-7-17-27)24-18-22(15-16-25(24)28-26)20-8-4-3-5-9-20/h3-5,8-9,11-16,18,28H,2,6-7,10,17,27H2,1H3. The molecular weight excluding hydrogens is 340 g/mol. The van der Waals surface area contributed by atoms with Gasteiger partial charge in [0.2, 0.25) is 0 Å². The number of aromatic nitrogens is 1. The van der Waals surface area contributed by atoms with Gasteiger partial charge in [0, 0.05) is 16.6 Å². The van der Waals surface area contributed by atoms with Crippen molar-refractivity contribution in [3.05, 3.63) is 83.9 Å². The number of aryl methyl sites for hydroxylation is 2. The molecule has 28 heavy (non-hydrogen) atoms. The van der Waals surface area contributed by atoms with Gasteiger partial charge in [-0.3, -0.25) is 0 Å². The molecule has 2 nitrogen and oxygen atoms in total. The Morgan fingerprint density at radius 3 is 2.25 bits per heavy atom. The Morgan fingerprint density at radius 2 is 1.54 bits per heavy atom. The summed E-state index contributed by atoms with van der Waals surface area (Å²) in [5.41, 5.74) is 14.8. The smallest absolute Gasteiger partial charge is 0.0497 e. The second kappa shape index (κ2) is 8.45. The number of rotatable bonds is 7. The molecule has 0 aliphatic heterocycles. The molecule has 0 aliphatic carbocycles. The second-order valence-corrected chi connectivity index (χ2v) is 7.40. The summed E-state index contributed by atoms with van der Waals surface area (Å²) < 4.78 is 0. The monoisotopic (exact) mass is 368 g/mol. The fourth-order valence-corrected chi connectivity index (χ4v) is 3.92. The van der Waals surface area contributed by atoms with Crippen molar-refractivity contribution < 1.29 is 0 Å². The number of fused-ring (bicyclic) bond motifs is 1. The Hall–Kier alpha value is -2.84. The average molecular weight is 369 g/mol. The van der Waals surface area contributed by atoms with Crippen LogP contribution in [0.1, 0.15) is 30.9 Å². The molecule has 0 aliphatic rings. The van der Waals surface area contributed by atoms with Gasteiger partial charge in [0.15, 0.2) is 0 Å². The van der Waals surface area contributed by atoms with Gasteiger partial charge in [-0.1, -0.05) is 67.6 Å². The quantitative estimate of drug-likeness (QED) is 0.367. The first kappa shape index (κ1) is 18.5. The van der Waals surface area contributed by atoms with Gasteiger partial charge >= 0.3 is 0 Å². The number of nitrogens with two attached hydrogens (primary N) is 1. The number of hydrogen-bond donors (Lipinski definition) is 2. The summed E-state index contributed by atoms with van der Waals surface area (Å²) in [4.78, 5) is 3.69. The molecule has 0 atom stereocenters. The van der Waals surface area contributed by atoms with E-state index in [2.05, 4.69) is 84.7 Å². The van der Waals surface area contributed by atoms with Crippen molar-refractivity contribution in [3.63, 3.8) is 0 Å². The first-order valence-corrected chi connectivity index (χ1v) is 10.3. The number of unbranched alkanes of at least 4 members (excludes halogenated alkanes) is 1. The SMILES string of the molecule is CCc1ccc(-c2[nH]c3ccc(-c4ccccc4)cc3c2CCCCN)cc1. The zero-order valence-electron chi connectivity index (χ0n) is 16.5. The maximum absolute atomic E-state index is 5.75. The molecule has 142 valence electrons. The highest BCUT2D eigenvalue weighted by Gasteiger charge is 2.14. The van der Waals surface area contributed by atoms with Crippen LogP contribution in [0.2, 0.25) is 0 Å². The molecule has 0 unspecified atom stereocenters. The molecule has 0 fully saturated rings. The first-order chi connectivity index (χ1) is 13.8. The van der Waals surface area contributed by atoms with Crippen LogP contribution in [0.5, 0.6) is 0 Å². The first-order valence-electron chi connectivity index (χ1n) is 10.3. The fraction of sp³-hybridized carbons (Fsp3) is 0.231. The van der Waals surface area contributed by atoms with E-state index in [1.165, 1.54) is 44.4 Å². The minimum absolute atomic E-state index is 0.748. The van der Waals surface area contributed by atoms with Gasteiger partial charge in [-0.25, -0.2) is 0 Å². The molecule has 3 aromatic carbocycles. The van der Waals surface area contributed by atoms with Gasteiger partial charge in [-0.15, -0.1) is 0 Å². The van der Waals surface area contributed by atoms with Crippen LogP contribution in [0.15, 0.2) is 72.8 Å². The van der Waals surface area contributed by atoms with Crippen molar-refractivity contribution in [1.82, 2.24) is 4.98 Å². The molecule has 4 aromatic rings. The number of H-pyrrole nitrogens is 1. The molecule has 3 N–H and O–H groups in total. The van der Waals surface area contributed by atoms with Crippen molar-refractivity contribution in [3.8, 4) is 22.4 Å². The number of benzene rings is 3. The minimum Gasteiger partial charge on any atom is -0.354 e. The van der Waals surface area contributed by atoms with E-state index in [9.17, 15) is 0 Å². The fourth-order valence-electron chi connectivity index (χ4n) is 3.92. The molecule has 0 saturated heterocycles. The predicted molar refractivity (Wildman–Crippen MR) is 121 cm³/mol. The van der Waals surface area contributed by atoms with Crippen LogP contribution in [0.4, 0.5) is 0 Å². The van der Waals surface area contributed by atoms with Gasteiger partial charge < -0.3 is 10.7 Å². The van der Waals surface area contributed by atoms with Gasteiger partial charge in [0.05, 0.1) is 0 Å². The maximum Gasteiger partial charge on any atom is 0.0497 e. The Balaban J connectivity index is 1.82. The van der Waals surface area contributed by atoms with E-state index in [-0.39, 0.29) is 0 Å². The third-order valence-electron chi connectivity index (χ3n) is 5.55. The molecule has 1 heterocycles. The van der Waals surface area contributed by atoms with Crippen molar-refractivity contribution >= 4 is 10.9 Å². The van der Waals surface area contributed by atoms with E-state index in [4.69, 9.17) is 5.73 Å². The van der Waals surface area contributed by atoms with Crippen LogP contribution in [0.3, 0.4) is 0 Å². The highest BCUT2D eigenvalue weighted by Crippen LogP contribution is 2.34. The van der Waals surface area contributed by atoms with Crippen molar-refractivity contribution in [1.29, 1.82) is 0 Å². The predicted octanol–water partition coefficient (Wildman–Crippen LogP) is 6.35. The number of hydrogen-bond acceptors (Lipinski definition) is 1. The Labute approximate surface area is 167 Å². The molecule has 0 spiro atoms. The summed E-state index contributed by atoms with van der Waals surface area (Å²) in [5.74, 6) is 0. The average Bonchev–Trinajstić information content (AvgIpc) is 3.12. The van der Waals surface area contributed by atoms with Crippen LogP contribution < -0.4 is 5.73 Å². The van der Waals surface area contributed by atoms with Crippen LogP contribution in [0.25, 0.3) is 33.3 Å². The molecule has 0 amide bonds. The largest absolute Gasteiger partial charge is 0.354 e. The lowest BCUT2D eigenvalue weighted by Crippen LogP contribution is -1.99. The van der Waals surface area contributed by atoms with E-state index in [0.717, 1.165) is 32.2 Å². The summed E-state index contributed by atoms with van der Waals surface area (Å²) in [6.45, 7) is 2.94. The van der Waals surface area contributed by atoms with Gasteiger partial charge in [-0.2, -0.15) is 0 Å². The highest BCUT2D eigenvalue weighted by molar-refractivity contribution is 5.93. The van der Waals surface area contributed by atoms with E-state index in [1.807, 2.05) is 0 Å². The molecule has 0 saturated carbocycles. The van der Waals surface area contributed by atoms with Crippen LogP contribution in [0, 0.1) is 0 Å². The summed E-state index contributed by atoms with van der Waals surface area (Å²) >= 11 is 0. The third-order valence-corrected chi connectivity index (χ3v) is 5.55. The molecular formula is C26H28N2. The van der Waals surface area contributed by atoms with Crippen molar-refractivity contribution in [2.45, 2.75) is 32.6 Å². The summed E-state index contributed by atoms with van der Waals surface area (Å²) in [7, 11) is 0. The summed E-state index contributed by atoms with van der Waals surface area (Å²) in [6, 6.07) is 26.3. The lowest BCUT2D eigenvalue weighted by molar-refractivity contribution is 0.748. The zero-order chi connectivity index (χ0) is 19.3. The van der Waals surface area contributed by atoms with Gasteiger partial charge in [-0.05, 0) is 72.2 Å². The molecule has 1 aromatic heterocycles. The van der Waals surface area contributed by atoms with E-state index < -0.39 is 0 Å². The van der Waals surface area contributed by atoms with Crippen LogP contribution in [-0.4, -0.2) is 11.5 Å². The lowest BCUT2D eigenvalue weighted by Gasteiger charge is -2.07. The van der Waals surface area contributed by atoms with Gasteiger partial charge in [0.25, 0.3) is 0 Å².